The van der Waals surface area contributed by atoms with Gasteiger partial charge in [0.1, 0.15) is 5.75 Å². The van der Waals surface area contributed by atoms with Crippen molar-refractivity contribution in [2.24, 2.45) is 0 Å². The highest BCUT2D eigenvalue weighted by Crippen LogP contribution is 2.15. The number of ether oxygens (including phenoxy) is 1. The summed E-state index contributed by atoms with van der Waals surface area (Å²) in [4.78, 5) is 14.3. The van der Waals surface area contributed by atoms with E-state index < -0.39 is 6.61 Å². The van der Waals surface area contributed by atoms with Gasteiger partial charge in [-0.15, -0.1) is 0 Å². The smallest absolute Gasteiger partial charge is 0.387 e. The summed E-state index contributed by atoms with van der Waals surface area (Å²) in [6, 6.07) is 16.4. The third kappa shape index (κ3) is 6.80. The predicted octanol–water partition coefficient (Wildman–Crippen LogP) is 3.12. The summed E-state index contributed by atoms with van der Waals surface area (Å²) in [5.74, 6) is -0.0212. The van der Waals surface area contributed by atoms with Crippen LogP contribution in [0.5, 0.6) is 5.75 Å². The maximum absolute atomic E-state index is 12.2. The van der Waals surface area contributed by atoms with Gasteiger partial charge in [-0.05, 0) is 43.8 Å². The molecule has 0 aliphatic carbocycles. The lowest BCUT2D eigenvalue weighted by atomic mass is 10.0. The van der Waals surface area contributed by atoms with Gasteiger partial charge in [0.25, 0.3) is 0 Å². The van der Waals surface area contributed by atoms with Gasteiger partial charge in [0.05, 0.1) is 6.42 Å². The first-order valence-electron chi connectivity index (χ1n) is 8.45. The van der Waals surface area contributed by atoms with E-state index in [-0.39, 0.29) is 24.1 Å². The Hall–Kier alpha value is -2.47. The Bertz CT molecular complexity index is 676. The van der Waals surface area contributed by atoms with Gasteiger partial charge in [-0.3, -0.25) is 4.79 Å². The Morgan fingerprint density at radius 3 is 2.27 bits per heavy atom. The van der Waals surface area contributed by atoms with E-state index in [1.54, 1.807) is 12.1 Å². The van der Waals surface area contributed by atoms with E-state index in [1.165, 1.54) is 17.7 Å². The molecule has 0 aromatic heterocycles. The molecular formula is C20H24F2N2O2. The fraction of sp³-hybridized carbons (Fsp3) is 0.350. The normalized spacial score (nSPS) is 12.2. The molecule has 0 spiro atoms. The standard InChI is InChI=1S/C20H24F2N2O2/c1-24(2)17(12-15-6-4-3-5-7-15)14-23-19(25)13-16-8-10-18(11-9-16)26-20(21)22/h3-11,17,20H,12-14H2,1-2H3,(H,23,25). The van der Waals surface area contributed by atoms with Crippen molar-refractivity contribution in [3.05, 3.63) is 65.7 Å². The Morgan fingerprint density at radius 1 is 1.04 bits per heavy atom. The van der Waals surface area contributed by atoms with Crippen molar-refractivity contribution in [1.82, 2.24) is 10.2 Å². The summed E-state index contributed by atoms with van der Waals surface area (Å²) in [7, 11) is 3.98. The molecule has 6 heteroatoms. The number of nitrogens with one attached hydrogen (secondary N) is 1. The Kier molecular flexibility index (Phi) is 7.53. The number of hydrogen-bond donors (Lipinski definition) is 1. The first-order valence-corrected chi connectivity index (χ1v) is 8.45. The van der Waals surface area contributed by atoms with E-state index in [0.717, 1.165) is 12.0 Å². The average molecular weight is 362 g/mol. The van der Waals surface area contributed by atoms with Crippen molar-refractivity contribution in [2.75, 3.05) is 20.6 Å². The zero-order chi connectivity index (χ0) is 18.9. The molecule has 1 unspecified atom stereocenters. The minimum Gasteiger partial charge on any atom is -0.435 e. The molecule has 26 heavy (non-hydrogen) atoms. The molecular weight excluding hydrogens is 338 g/mol. The van der Waals surface area contributed by atoms with Crippen LogP contribution in [0.4, 0.5) is 8.78 Å². The zero-order valence-electron chi connectivity index (χ0n) is 15.0. The first-order chi connectivity index (χ1) is 12.4. The summed E-state index contributed by atoms with van der Waals surface area (Å²) >= 11 is 0. The first kappa shape index (κ1) is 19.8. The molecule has 2 rings (SSSR count). The summed E-state index contributed by atoms with van der Waals surface area (Å²) < 4.78 is 28.6. The molecule has 0 heterocycles. The Morgan fingerprint density at radius 2 is 1.69 bits per heavy atom. The van der Waals surface area contributed by atoms with Crippen LogP contribution in [-0.2, 0) is 17.6 Å². The minimum atomic E-state index is -2.85. The second-order valence-electron chi connectivity index (χ2n) is 6.31. The van der Waals surface area contributed by atoms with Crippen LogP contribution in [0, 0.1) is 0 Å². The number of amides is 1. The maximum Gasteiger partial charge on any atom is 0.387 e. The van der Waals surface area contributed by atoms with Crippen LogP contribution in [0.1, 0.15) is 11.1 Å². The van der Waals surface area contributed by atoms with Gasteiger partial charge in [-0.1, -0.05) is 42.5 Å². The number of rotatable bonds is 9. The van der Waals surface area contributed by atoms with Gasteiger partial charge < -0.3 is 15.0 Å². The molecule has 4 nitrogen and oxygen atoms in total. The molecule has 0 aliphatic heterocycles. The van der Waals surface area contributed by atoms with E-state index >= 15 is 0 Å². The van der Waals surface area contributed by atoms with E-state index in [1.807, 2.05) is 32.3 Å². The van der Waals surface area contributed by atoms with Gasteiger partial charge >= 0.3 is 6.61 Å². The number of nitrogens with zero attached hydrogens (tertiary/aromatic N) is 1. The summed E-state index contributed by atoms with van der Waals surface area (Å²) in [5, 5.41) is 2.95. The van der Waals surface area contributed by atoms with Crippen molar-refractivity contribution in [1.29, 1.82) is 0 Å². The van der Waals surface area contributed by atoms with E-state index in [2.05, 4.69) is 27.1 Å². The SMILES string of the molecule is CN(C)C(CNC(=O)Cc1ccc(OC(F)F)cc1)Cc1ccccc1. The van der Waals surface area contributed by atoms with Gasteiger partial charge in [-0.25, -0.2) is 0 Å². The van der Waals surface area contributed by atoms with Crippen LogP contribution in [0.3, 0.4) is 0 Å². The molecule has 0 saturated carbocycles. The zero-order valence-corrected chi connectivity index (χ0v) is 15.0. The maximum atomic E-state index is 12.2. The molecule has 0 saturated heterocycles. The number of likely N-dealkylation sites (N-methyl/N-ethyl adjacent to an activating group) is 1. The lowest BCUT2D eigenvalue weighted by molar-refractivity contribution is -0.120. The third-order valence-corrected chi connectivity index (χ3v) is 4.09. The lowest BCUT2D eigenvalue weighted by Crippen LogP contribution is -2.42. The predicted molar refractivity (Wildman–Crippen MR) is 97.4 cm³/mol. The number of halogens is 2. The number of carbonyl (C=O) groups is 1. The fourth-order valence-corrected chi connectivity index (χ4v) is 2.59. The topological polar surface area (TPSA) is 41.6 Å². The van der Waals surface area contributed by atoms with Gasteiger partial charge in [0.2, 0.25) is 5.91 Å². The molecule has 1 amide bonds. The second-order valence-corrected chi connectivity index (χ2v) is 6.31. The van der Waals surface area contributed by atoms with Crippen molar-refractivity contribution in [2.45, 2.75) is 25.5 Å². The van der Waals surface area contributed by atoms with Crippen LogP contribution < -0.4 is 10.1 Å². The largest absolute Gasteiger partial charge is 0.435 e. The molecule has 140 valence electrons. The highest BCUT2D eigenvalue weighted by molar-refractivity contribution is 5.78. The molecule has 0 fully saturated rings. The molecule has 2 aromatic rings. The van der Waals surface area contributed by atoms with E-state index in [4.69, 9.17) is 0 Å². The van der Waals surface area contributed by atoms with Crippen molar-refractivity contribution < 1.29 is 18.3 Å². The quantitative estimate of drug-likeness (QED) is 0.745. The second kappa shape index (κ2) is 9.87. The Balaban J connectivity index is 1.84. The molecule has 1 N–H and O–H groups in total. The highest BCUT2D eigenvalue weighted by Gasteiger charge is 2.14. The van der Waals surface area contributed by atoms with Crippen LogP contribution >= 0.6 is 0 Å². The van der Waals surface area contributed by atoms with Gasteiger partial charge in [-0.2, -0.15) is 8.78 Å². The number of hydrogen-bond acceptors (Lipinski definition) is 3. The van der Waals surface area contributed by atoms with Crippen molar-refractivity contribution >= 4 is 5.91 Å². The van der Waals surface area contributed by atoms with Gasteiger partial charge in [0.15, 0.2) is 0 Å². The third-order valence-electron chi connectivity index (χ3n) is 4.09. The summed E-state index contributed by atoms with van der Waals surface area (Å²) in [6.07, 6.45) is 1.04. The molecule has 2 aromatic carbocycles. The fourth-order valence-electron chi connectivity index (χ4n) is 2.59. The lowest BCUT2D eigenvalue weighted by Gasteiger charge is -2.24. The molecule has 0 radical (unpaired) electrons. The van der Waals surface area contributed by atoms with E-state index in [0.29, 0.717) is 6.54 Å². The molecule has 1 atom stereocenters. The van der Waals surface area contributed by atoms with Crippen LogP contribution in [0.2, 0.25) is 0 Å². The van der Waals surface area contributed by atoms with Crippen LogP contribution in [0.25, 0.3) is 0 Å². The summed E-state index contributed by atoms with van der Waals surface area (Å²) in [5.41, 5.74) is 1.96. The number of carbonyl (C=O) groups excluding carboxylic acids is 1. The Labute approximate surface area is 152 Å². The van der Waals surface area contributed by atoms with Gasteiger partial charge in [0, 0.05) is 12.6 Å². The average Bonchev–Trinajstić information content (AvgIpc) is 2.60. The van der Waals surface area contributed by atoms with Crippen LogP contribution in [0.15, 0.2) is 54.6 Å². The van der Waals surface area contributed by atoms with Crippen LogP contribution in [-0.4, -0.2) is 44.1 Å². The summed E-state index contributed by atoms with van der Waals surface area (Å²) in [6.45, 7) is -2.32. The van der Waals surface area contributed by atoms with Crippen molar-refractivity contribution in [3.63, 3.8) is 0 Å². The van der Waals surface area contributed by atoms with Crippen molar-refractivity contribution in [3.8, 4) is 5.75 Å². The monoisotopic (exact) mass is 362 g/mol. The number of benzene rings is 2. The molecule has 0 bridgehead atoms. The highest BCUT2D eigenvalue weighted by atomic mass is 19.3. The van der Waals surface area contributed by atoms with E-state index in [9.17, 15) is 13.6 Å². The minimum absolute atomic E-state index is 0.0830. The molecule has 0 aliphatic rings. The number of alkyl halides is 2.